The zero-order valence-corrected chi connectivity index (χ0v) is 14.3. The first-order chi connectivity index (χ1) is 10.9. The summed E-state index contributed by atoms with van der Waals surface area (Å²) in [6.45, 7) is 4.79. The maximum atomic E-state index is 13.2. The molecule has 2 heterocycles. The lowest BCUT2D eigenvalue weighted by Gasteiger charge is -2.26. The van der Waals surface area contributed by atoms with Gasteiger partial charge in [-0.2, -0.15) is 4.31 Å². The Morgan fingerprint density at radius 2 is 2.13 bits per heavy atom. The number of fused-ring (bicyclic) bond motifs is 1. The van der Waals surface area contributed by atoms with Gasteiger partial charge in [0.05, 0.1) is 4.90 Å². The zero-order valence-electron chi connectivity index (χ0n) is 13.4. The lowest BCUT2D eigenvalue weighted by molar-refractivity contribution is 0.338. The molecule has 5 nitrogen and oxygen atoms in total. The summed E-state index contributed by atoms with van der Waals surface area (Å²) < 4.78 is 28.0. The van der Waals surface area contributed by atoms with E-state index in [-0.39, 0.29) is 16.7 Å². The van der Waals surface area contributed by atoms with Gasteiger partial charge in [0.25, 0.3) is 0 Å². The second-order valence-corrected chi connectivity index (χ2v) is 8.38. The Hall–Kier alpha value is -1.66. The van der Waals surface area contributed by atoms with E-state index in [1.807, 2.05) is 0 Å². The van der Waals surface area contributed by atoms with Crippen LogP contribution in [0.25, 0.3) is 10.9 Å². The number of aromatic nitrogens is 1. The summed E-state index contributed by atoms with van der Waals surface area (Å²) >= 11 is 0. The van der Waals surface area contributed by atoms with E-state index in [0.717, 1.165) is 19.3 Å². The van der Waals surface area contributed by atoms with E-state index >= 15 is 0 Å². The summed E-state index contributed by atoms with van der Waals surface area (Å²) in [5.74, 6) is 0.453. The summed E-state index contributed by atoms with van der Waals surface area (Å²) in [5, 5.41) is 10.4. The van der Waals surface area contributed by atoms with Gasteiger partial charge >= 0.3 is 0 Å². The Bertz CT molecular complexity index is 818. The second kappa shape index (κ2) is 6.09. The highest BCUT2D eigenvalue weighted by Crippen LogP contribution is 2.34. The molecule has 0 aliphatic carbocycles. The molecule has 0 radical (unpaired) electrons. The van der Waals surface area contributed by atoms with Gasteiger partial charge in [0.2, 0.25) is 10.0 Å². The maximum absolute atomic E-state index is 13.2. The molecule has 1 N–H and O–H groups in total. The lowest BCUT2D eigenvalue weighted by atomic mass is 10.0. The van der Waals surface area contributed by atoms with Crippen LogP contribution in [0.4, 0.5) is 0 Å². The summed E-state index contributed by atoms with van der Waals surface area (Å²) in [4.78, 5) is 4.35. The number of benzene rings is 1. The van der Waals surface area contributed by atoms with Crippen molar-refractivity contribution in [1.82, 2.24) is 9.29 Å². The molecule has 124 valence electrons. The van der Waals surface area contributed by atoms with Crippen LogP contribution in [0, 0.1) is 5.92 Å². The SMILES string of the molecule is CC(C)CC1CCCN1S(=O)(=O)c1ccc(O)c2ncccc12. The second-order valence-electron chi connectivity index (χ2n) is 6.52. The van der Waals surface area contributed by atoms with Crippen molar-refractivity contribution in [1.29, 1.82) is 0 Å². The quantitative estimate of drug-likeness (QED) is 0.932. The predicted molar refractivity (Wildman–Crippen MR) is 89.8 cm³/mol. The number of sulfonamides is 1. The van der Waals surface area contributed by atoms with Crippen LogP contribution in [-0.4, -0.2) is 35.4 Å². The number of rotatable bonds is 4. The van der Waals surface area contributed by atoms with Crippen LogP contribution >= 0.6 is 0 Å². The van der Waals surface area contributed by atoms with Crippen molar-refractivity contribution in [2.45, 2.75) is 44.0 Å². The molecular formula is C17H22N2O3S. The van der Waals surface area contributed by atoms with Crippen LogP contribution in [0.5, 0.6) is 5.75 Å². The van der Waals surface area contributed by atoms with Gasteiger partial charge in [-0.15, -0.1) is 0 Å². The van der Waals surface area contributed by atoms with Gasteiger partial charge in [-0.05, 0) is 49.4 Å². The molecular weight excluding hydrogens is 312 g/mol. The topological polar surface area (TPSA) is 70.5 Å². The average Bonchev–Trinajstić information content (AvgIpc) is 2.96. The summed E-state index contributed by atoms with van der Waals surface area (Å²) in [6, 6.07) is 6.34. The van der Waals surface area contributed by atoms with Crippen molar-refractivity contribution >= 4 is 20.9 Å². The monoisotopic (exact) mass is 334 g/mol. The molecule has 6 heteroatoms. The first kappa shape index (κ1) is 16.2. The van der Waals surface area contributed by atoms with E-state index in [1.165, 1.54) is 12.1 Å². The van der Waals surface area contributed by atoms with Gasteiger partial charge < -0.3 is 5.11 Å². The highest BCUT2D eigenvalue weighted by molar-refractivity contribution is 7.89. The molecule has 1 atom stereocenters. The van der Waals surface area contributed by atoms with Crippen LogP contribution in [0.15, 0.2) is 35.4 Å². The minimum atomic E-state index is -3.59. The molecule has 1 aliphatic heterocycles. The molecule has 1 saturated heterocycles. The number of hydrogen-bond donors (Lipinski definition) is 1. The summed E-state index contributed by atoms with van der Waals surface area (Å²) in [5.41, 5.74) is 0.327. The Balaban J connectivity index is 2.08. The molecule has 2 aromatic rings. The van der Waals surface area contributed by atoms with Gasteiger partial charge in [-0.1, -0.05) is 13.8 Å². The smallest absolute Gasteiger partial charge is 0.244 e. The minimum Gasteiger partial charge on any atom is -0.506 e. The van der Waals surface area contributed by atoms with Gasteiger partial charge in [0.1, 0.15) is 11.3 Å². The zero-order chi connectivity index (χ0) is 16.6. The molecule has 1 fully saturated rings. The lowest BCUT2D eigenvalue weighted by Crippen LogP contribution is -2.36. The van der Waals surface area contributed by atoms with Crippen LogP contribution < -0.4 is 0 Å². The van der Waals surface area contributed by atoms with Gasteiger partial charge in [-0.25, -0.2) is 8.42 Å². The Labute approximate surface area is 137 Å². The molecule has 0 amide bonds. The molecule has 0 bridgehead atoms. The third-order valence-corrected chi connectivity index (χ3v) is 6.37. The van der Waals surface area contributed by atoms with Crippen molar-refractivity contribution in [2.75, 3.05) is 6.54 Å². The number of nitrogens with zero attached hydrogens (tertiary/aromatic N) is 2. The van der Waals surface area contributed by atoms with Crippen LogP contribution in [0.2, 0.25) is 0 Å². The van der Waals surface area contributed by atoms with E-state index in [9.17, 15) is 13.5 Å². The maximum Gasteiger partial charge on any atom is 0.244 e. The van der Waals surface area contributed by atoms with Crippen LogP contribution in [0.3, 0.4) is 0 Å². The fourth-order valence-electron chi connectivity index (χ4n) is 3.39. The fourth-order valence-corrected chi connectivity index (χ4v) is 5.28. The van der Waals surface area contributed by atoms with E-state index < -0.39 is 10.0 Å². The number of aromatic hydroxyl groups is 1. The van der Waals surface area contributed by atoms with Gasteiger partial charge in [0.15, 0.2) is 0 Å². The largest absolute Gasteiger partial charge is 0.506 e. The predicted octanol–water partition coefficient (Wildman–Crippen LogP) is 3.14. The van der Waals surface area contributed by atoms with E-state index in [1.54, 1.807) is 22.6 Å². The first-order valence-corrected chi connectivity index (χ1v) is 9.44. The van der Waals surface area contributed by atoms with Gasteiger partial charge in [0, 0.05) is 24.2 Å². The fraction of sp³-hybridized carbons (Fsp3) is 0.471. The Morgan fingerprint density at radius 3 is 2.87 bits per heavy atom. The third kappa shape index (κ3) is 2.93. The van der Waals surface area contributed by atoms with Crippen LogP contribution in [0.1, 0.15) is 33.1 Å². The number of phenolic OH excluding ortho intramolecular Hbond substituents is 1. The van der Waals surface area contributed by atoms with Crippen molar-refractivity contribution < 1.29 is 13.5 Å². The average molecular weight is 334 g/mol. The van der Waals surface area contributed by atoms with Crippen molar-refractivity contribution in [3.63, 3.8) is 0 Å². The van der Waals surface area contributed by atoms with Gasteiger partial charge in [-0.3, -0.25) is 4.98 Å². The normalized spacial score (nSPS) is 19.7. The number of phenols is 1. The molecule has 0 spiro atoms. The minimum absolute atomic E-state index is 0.000276. The number of hydrogen-bond acceptors (Lipinski definition) is 4. The van der Waals surface area contributed by atoms with E-state index in [0.29, 0.717) is 23.4 Å². The Kier molecular flexibility index (Phi) is 4.29. The third-order valence-electron chi connectivity index (χ3n) is 4.36. The first-order valence-electron chi connectivity index (χ1n) is 8.00. The molecule has 1 aliphatic rings. The molecule has 23 heavy (non-hydrogen) atoms. The highest BCUT2D eigenvalue weighted by atomic mass is 32.2. The molecule has 3 rings (SSSR count). The summed E-state index contributed by atoms with van der Waals surface area (Å²) in [7, 11) is -3.59. The van der Waals surface area contributed by atoms with Crippen molar-refractivity contribution in [2.24, 2.45) is 5.92 Å². The molecule has 0 saturated carbocycles. The van der Waals surface area contributed by atoms with E-state index in [2.05, 4.69) is 18.8 Å². The van der Waals surface area contributed by atoms with Crippen molar-refractivity contribution in [3.05, 3.63) is 30.5 Å². The van der Waals surface area contributed by atoms with E-state index in [4.69, 9.17) is 0 Å². The number of pyridine rings is 1. The highest BCUT2D eigenvalue weighted by Gasteiger charge is 2.36. The summed E-state index contributed by atoms with van der Waals surface area (Å²) in [6.07, 6.45) is 4.22. The molecule has 1 unspecified atom stereocenters. The Morgan fingerprint density at radius 1 is 1.35 bits per heavy atom. The van der Waals surface area contributed by atoms with Crippen molar-refractivity contribution in [3.8, 4) is 5.75 Å². The molecule has 1 aromatic heterocycles. The molecule has 1 aromatic carbocycles. The van der Waals surface area contributed by atoms with Crippen LogP contribution in [-0.2, 0) is 10.0 Å². The standard InChI is InChI=1S/C17H22N2O3S/c1-12(2)11-13-5-4-10-19(13)23(21,22)16-8-7-15(20)17-14(16)6-3-9-18-17/h3,6-9,12-13,20H,4-5,10-11H2,1-2H3.